The van der Waals surface area contributed by atoms with E-state index in [0.717, 1.165) is 29.8 Å². The van der Waals surface area contributed by atoms with Crippen molar-refractivity contribution in [2.45, 2.75) is 18.6 Å². The summed E-state index contributed by atoms with van der Waals surface area (Å²) in [5, 5.41) is 3.33. The highest BCUT2D eigenvalue weighted by atomic mass is 79.9. The molecular formula is C11H16BrNO3. The van der Waals surface area contributed by atoms with E-state index in [4.69, 9.17) is 13.9 Å². The standard InChI is InChI=1S/C11H16BrNO3/c1-14-11(3-5-15-8-11)7-13-6-10-9(12)2-4-16-10/h2,4,13H,3,5-8H2,1H3. The first-order chi connectivity index (χ1) is 7.76. The summed E-state index contributed by atoms with van der Waals surface area (Å²) in [6.07, 6.45) is 2.61. The third-order valence-corrected chi connectivity index (χ3v) is 3.63. The average Bonchev–Trinajstić information content (AvgIpc) is 2.90. The van der Waals surface area contributed by atoms with Crippen LogP contribution in [-0.4, -0.2) is 32.5 Å². The zero-order valence-corrected chi connectivity index (χ0v) is 10.9. The van der Waals surface area contributed by atoms with Gasteiger partial charge in [0.15, 0.2) is 0 Å². The molecule has 1 aromatic heterocycles. The molecule has 0 radical (unpaired) electrons. The summed E-state index contributed by atoms with van der Waals surface area (Å²) in [6.45, 7) is 2.91. The van der Waals surface area contributed by atoms with Gasteiger partial charge in [-0.25, -0.2) is 0 Å². The SMILES string of the molecule is COC1(CNCc2occc2Br)CCOC1. The van der Waals surface area contributed by atoms with E-state index in [-0.39, 0.29) is 5.60 Å². The first kappa shape index (κ1) is 12.1. The number of hydrogen-bond acceptors (Lipinski definition) is 4. The van der Waals surface area contributed by atoms with Crippen LogP contribution in [-0.2, 0) is 16.0 Å². The highest BCUT2D eigenvalue weighted by molar-refractivity contribution is 9.10. The van der Waals surface area contributed by atoms with Crippen molar-refractivity contribution in [3.05, 3.63) is 22.6 Å². The van der Waals surface area contributed by atoms with Crippen molar-refractivity contribution in [2.75, 3.05) is 26.9 Å². The molecule has 1 N–H and O–H groups in total. The fourth-order valence-electron chi connectivity index (χ4n) is 1.82. The number of ether oxygens (including phenoxy) is 2. The van der Waals surface area contributed by atoms with Crippen LogP contribution in [0.25, 0.3) is 0 Å². The van der Waals surface area contributed by atoms with Crippen LogP contribution >= 0.6 is 15.9 Å². The van der Waals surface area contributed by atoms with Crippen molar-refractivity contribution in [3.8, 4) is 0 Å². The zero-order chi connectivity index (χ0) is 11.4. The molecule has 4 nitrogen and oxygen atoms in total. The summed E-state index contributed by atoms with van der Waals surface area (Å²) in [4.78, 5) is 0. The maximum atomic E-state index is 5.52. The Bertz CT molecular complexity index is 334. The average molecular weight is 290 g/mol. The number of furan rings is 1. The largest absolute Gasteiger partial charge is 0.467 e. The predicted octanol–water partition coefficient (Wildman–Crippen LogP) is 1.94. The van der Waals surface area contributed by atoms with E-state index in [1.165, 1.54) is 0 Å². The van der Waals surface area contributed by atoms with Gasteiger partial charge >= 0.3 is 0 Å². The summed E-state index contributed by atoms with van der Waals surface area (Å²) in [6, 6.07) is 1.89. The molecule has 1 atom stereocenters. The third kappa shape index (κ3) is 2.66. The third-order valence-electron chi connectivity index (χ3n) is 2.92. The van der Waals surface area contributed by atoms with Gasteiger partial charge in [0.1, 0.15) is 11.4 Å². The molecule has 0 saturated carbocycles. The number of hydrogen-bond donors (Lipinski definition) is 1. The molecule has 16 heavy (non-hydrogen) atoms. The molecule has 0 amide bonds. The van der Waals surface area contributed by atoms with Crippen LogP contribution in [0.3, 0.4) is 0 Å². The molecular weight excluding hydrogens is 274 g/mol. The Morgan fingerprint density at radius 1 is 1.62 bits per heavy atom. The topological polar surface area (TPSA) is 43.6 Å². The lowest BCUT2D eigenvalue weighted by Gasteiger charge is -2.25. The molecule has 0 aromatic carbocycles. The molecule has 1 fully saturated rings. The minimum absolute atomic E-state index is 0.168. The highest BCUT2D eigenvalue weighted by Gasteiger charge is 2.34. The normalized spacial score (nSPS) is 25.1. The van der Waals surface area contributed by atoms with E-state index < -0.39 is 0 Å². The van der Waals surface area contributed by atoms with Gasteiger partial charge in [-0.05, 0) is 22.0 Å². The predicted molar refractivity (Wildman–Crippen MR) is 63.3 cm³/mol. The number of rotatable bonds is 5. The molecule has 90 valence electrons. The second-order valence-electron chi connectivity index (χ2n) is 3.98. The van der Waals surface area contributed by atoms with Crippen molar-refractivity contribution < 1.29 is 13.9 Å². The first-order valence-electron chi connectivity index (χ1n) is 5.31. The van der Waals surface area contributed by atoms with Gasteiger partial charge in [-0.2, -0.15) is 0 Å². The van der Waals surface area contributed by atoms with Gasteiger partial charge in [0.2, 0.25) is 0 Å². The molecule has 0 spiro atoms. The zero-order valence-electron chi connectivity index (χ0n) is 9.29. The van der Waals surface area contributed by atoms with Crippen LogP contribution in [0.5, 0.6) is 0 Å². The van der Waals surface area contributed by atoms with Crippen molar-refractivity contribution in [2.24, 2.45) is 0 Å². The maximum absolute atomic E-state index is 5.52. The lowest BCUT2D eigenvalue weighted by atomic mass is 10.0. The Labute approximate surface area is 103 Å². The summed E-state index contributed by atoms with van der Waals surface area (Å²) in [7, 11) is 1.74. The van der Waals surface area contributed by atoms with Crippen molar-refractivity contribution in [1.29, 1.82) is 0 Å². The molecule has 1 aliphatic rings. The second kappa shape index (κ2) is 5.31. The molecule has 1 unspecified atom stereocenters. The molecule has 1 aromatic rings. The molecule has 1 aliphatic heterocycles. The summed E-state index contributed by atoms with van der Waals surface area (Å²) < 4.78 is 17.2. The Kier molecular flexibility index (Phi) is 4.02. The van der Waals surface area contributed by atoms with Crippen molar-refractivity contribution in [3.63, 3.8) is 0 Å². The van der Waals surface area contributed by atoms with E-state index in [0.29, 0.717) is 13.2 Å². The minimum atomic E-state index is -0.168. The molecule has 1 saturated heterocycles. The van der Waals surface area contributed by atoms with E-state index >= 15 is 0 Å². The Hall–Kier alpha value is -0.360. The van der Waals surface area contributed by atoms with Gasteiger partial charge in [-0.15, -0.1) is 0 Å². The Balaban J connectivity index is 1.81. The number of halogens is 1. The van der Waals surface area contributed by atoms with Crippen molar-refractivity contribution >= 4 is 15.9 Å². The van der Waals surface area contributed by atoms with E-state index in [2.05, 4.69) is 21.2 Å². The summed E-state index contributed by atoms with van der Waals surface area (Å²) in [5.41, 5.74) is -0.168. The fraction of sp³-hybridized carbons (Fsp3) is 0.636. The molecule has 5 heteroatoms. The molecule has 0 bridgehead atoms. The summed E-state index contributed by atoms with van der Waals surface area (Å²) >= 11 is 3.42. The first-order valence-corrected chi connectivity index (χ1v) is 6.10. The number of nitrogens with one attached hydrogen (secondary N) is 1. The number of methoxy groups -OCH3 is 1. The Morgan fingerprint density at radius 3 is 3.06 bits per heavy atom. The molecule has 2 rings (SSSR count). The van der Waals surface area contributed by atoms with E-state index in [1.807, 2.05) is 6.07 Å². The monoisotopic (exact) mass is 289 g/mol. The molecule has 0 aliphatic carbocycles. The van der Waals surface area contributed by atoms with Crippen molar-refractivity contribution in [1.82, 2.24) is 5.32 Å². The summed E-state index contributed by atoms with van der Waals surface area (Å²) in [5.74, 6) is 0.908. The van der Waals surface area contributed by atoms with Gasteiger partial charge in [0, 0.05) is 26.7 Å². The van der Waals surface area contributed by atoms with Crippen LogP contribution in [0.4, 0.5) is 0 Å². The lowest BCUT2D eigenvalue weighted by molar-refractivity contribution is -0.0161. The lowest BCUT2D eigenvalue weighted by Crippen LogP contribution is -2.42. The smallest absolute Gasteiger partial charge is 0.131 e. The Morgan fingerprint density at radius 2 is 2.50 bits per heavy atom. The van der Waals surface area contributed by atoms with E-state index in [1.54, 1.807) is 13.4 Å². The second-order valence-corrected chi connectivity index (χ2v) is 4.84. The maximum Gasteiger partial charge on any atom is 0.131 e. The van der Waals surface area contributed by atoms with Crippen LogP contribution in [0.15, 0.2) is 21.2 Å². The molecule has 2 heterocycles. The van der Waals surface area contributed by atoms with Gasteiger partial charge in [-0.1, -0.05) is 0 Å². The van der Waals surface area contributed by atoms with Crippen LogP contribution in [0.2, 0.25) is 0 Å². The van der Waals surface area contributed by atoms with Crippen LogP contribution in [0, 0.1) is 0 Å². The highest BCUT2D eigenvalue weighted by Crippen LogP contribution is 2.22. The minimum Gasteiger partial charge on any atom is -0.467 e. The van der Waals surface area contributed by atoms with E-state index in [9.17, 15) is 0 Å². The van der Waals surface area contributed by atoms with Gasteiger partial charge in [0.05, 0.1) is 23.9 Å². The van der Waals surface area contributed by atoms with Crippen LogP contribution in [0.1, 0.15) is 12.2 Å². The fourth-order valence-corrected chi connectivity index (χ4v) is 2.16. The van der Waals surface area contributed by atoms with Gasteiger partial charge in [-0.3, -0.25) is 0 Å². The van der Waals surface area contributed by atoms with Gasteiger partial charge < -0.3 is 19.2 Å². The van der Waals surface area contributed by atoms with Gasteiger partial charge in [0.25, 0.3) is 0 Å². The quantitative estimate of drug-likeness (QED) is 0.900. The van der Waals surface area contributed by atoms with Crippen LogP contribution < -0.4 is 5.32 Å².